The molecule has 0 fully saturated rings. The third-order valence-corrected chi connectivity index (χ3v) is 5.02. The van der Waals surface area contributed by atoms with Crippen LogP contribution in [0.15, 0.2) is 49.1 Å². The predicted octanol–water partition coefficient (Wildman–Crippen LogP) is 3.27. The number of rotatable bonds is 4. The van der Waals surface area contributed by atoms with E-state index in [2.05, 4.69) is 11.9 Å². The summed E-state index contributed by atoms with van der Waals surface area (Å²) in [6, 6.07) is 6.95. The molecular formula is C22H26N2O4. The second kappa shape index (κ2) is 7.26. The lowest BCUT2D eigenvalue weighted by molar-refractivity contribution is -0.123. The number of carbonyl (C=O) groups is 3. The van der Waals surface area contributed by atoms with E-state index < -0.39 is 23.2 Å². The Balaban J connectivity index is 2.07. The maximum absolute atomic E-state index is 13.0. The first kappa shape index (κ1) is 19.9. The molecule has 6 nitrogen and oxygen atoms in total. The Bertz CT molecular complexity index is 852. The molecule has 1 heterocycles. The van der Waals surface area contributed by atoms with Crippen molar-refractivity contribution >= 4 is 23.5 Å². The van der Waals surface area contributed by atoms with E-state index in [4.69, 9.17) is 4.74 Å². The molecular weight excluding hydrogens is 356 g/mol. The zero-order chi connectivity index (χ0) is 20.5. The van der Waals surface area contributed by atoms with E-state index in [0.29, 0.717) is 12.2 Å². The Labute approximate surface area is 165 Å². The van der Waals surface area contributed by atoms with Crippen molar-refractivity contribution in [1.82, 2.24) is 5.32 Å². The van der Waals surface area contributed by atoms with Crippen LogP contribution in [0.4, 0.5) is 10.5 Å². The molecule has 28 heavy (non-hydrogen) atoms. The molecule has 0 unspecified atom stereocenters. The van der Waals surface area contributed by atoms with Crippen molar-refractivity contribution in [1.29, 1.82) is 0 Å². The summed E-state index contributed by atoms with van der Waals surface area (Å²) < 4.78 is 5.62. The smallest absolute Gasteiger partial charge is 0.415 e. The summed E-state index contributed by atoms with van der Waals surface area (Å²) in [5.74, 6) is -0.238. The number of hydrogen-bond acceptors (Lipinski definition) is 4. The quantitative estimate of drug-likeness (QED) is 0.811. The number of nitrogens with zero attached hydrogens (tertiary/aromatic N) is 1. The number of carbonyl (C=O) groups excluding carboxylic acids is 3. The van der Waals surface area contributed by atoms with Gasteiger partial charge >= 0.3 is 6.09 Å². The Morgan fingerprint density at radius 2 is 2.07 bits per heavy atom. The number of para-hydroxylation sites is 1. The third-order valence-electron chi connectivity index (χ3n) is 5.02. The first-order valence-corrected chi connectivity index (χ1v) is 9.39. The topological polar surface area (TPSA) is 75.7 Å². The molecule has 0 saturated heterocycles. The molecule has 1 N–H and O–H groups in total. The van der Waals surface area contributed by atoms with E-state index in [-0.39, 0.29) is 24.5 Å². The Morgan fingerprint density at radius 1 is 1.36 bits per heavy atom. The summed E-state index contributed by atoms with van der Waals surface area (Å²) in [7, 11) is 0. The van der Waals surface area contributed by atoms with E-state index in [1.54, 1.807) is 37.8 Å². The van der Waals surface area contributed by atoms with E-state index in [1.165, 1.54) is 6.08 Å². The molecule has 2 atom stereocenters. The molecule has 1 aliphatic carbocycles. The predicted molar refractivity (Wildman–Crippen MR) is 107 cm³/mol. The molecule has 0 saturated carbocycles. The number of nitrogens with one attached hydrogen (secondary N) is 1. The van der Waals surface area contributed by atoms with Gasteiger partial charge in [-0.1, -0.05) is 30.4 Å². The van der Waals surface area contributed by atoms with Gasteiger partial charge in [0.1, 0.15) is 5.60 Å². The van der Waals surface area contributed by atoms with Crippen LogP contribution in [0, 0.1) is 0 Å². The number of amides is 2. The van der Waals surface area contributed by atoms with Crippen LogP contribution in [0.5, 0.6) is 0 Å². The highest BCUT2D eigenvalue weighted by molar-refractivity contribution is 6.00. The number of anilines is 1. The second-order valence-electron chi connectivity index (χ2n) is 8.20. The largest absolute Gasteiger partial charge is 0.443 e. The Kier molecular flexibility index (Phi) is 5.15. The minimum atomic E-state index is -0.771. The number of ketones is 1. The fourth-order valence-electron chi connectivity index (χ4n) is 3.95. The zero-order valence-electron chi connectivity index (χ0n) is 16.5. The van der Waals surface area contributed by atoms with Crippen molar-refractivity contribution in [2.45, 2.75) is 50.7 Å². The summed E-state index contributed by atoms with van der Waals surface area (Å²) in [6.45, 7) is 9.38. The average molecular weight is 382 g/mol. The normalized spacial score (nSPS) is 23.0. The van der Waals surface area contributed by atoms with Crippen LogP contribution in [0.1, 0.15) is 39.2 Å². The molecule has 0 aromatic heterocycles. The lowest BCUT2D eigenvalue weighted by Gasteiger charge is -2.38. The zero-order valence-corrected chi connectivity index (χ0v) is 16.5. The van der Waals surface area contributed by atoms with Crippen molar-refractivity contribution in [2.75, 3.05) is 11.4 Å². The van der Waals surface area contributed by atoms with Crippen LogP contribution < -0.4 is 10.2 Å². The van der Waals surface area contributed by atoms with Gasteiger partial charge in [-0.3, -0.25) is 14.5 Å². The van der Waals surface area contributed by atoms with Crippen LogP contribution >= 0.6 is 0 Å². The summed E-state index contributed by atoms with van der Waals surface area (Å²) in [4.78, 5) is 39.4. The highest BCUT2D eigenvalue weighted by Crippen LogP contribution is 2.51. The van der Waals surface area contributed by atoms with Gasteiger partial charge in [0.25, 0.3) is 0 Å². The minimum absolute atomic E-state index is 0.0755. The molecule has 1 aliphatic heterocycles. The molecule has 2 amide bonds. The van der Waals surface area contributed by atoms with Gasteiger partial charge < -0.3 is 10.1 Å². The van der Waals surface area contributed by atoms with Crippen LogP contribution in [0.3, 0.4) is 0 Å². The van der Waals surface area contributed by atoms with Crippen LogP contribution in [0.2, 0.25) is 0 Å². The highest BCUT2D eigenvalue weighted by Gasteiger charge is 2.55. The fourth-order valence-corrected chi connectivity index (χ4v) is 3.95. The van der Waals surface area contributed by atoms with Gasteiger partial charge in [-0.25, -0.2) is 4.79 Å². The maximum atomic E-state index is 13.0. The summed E-state index contributed by atoms with van der Waals surface area (Å²) in [5.41, 5.74) is 0.0840. The number of allylic oxidation sites excluding steroid dienone is 1. The van der Waals surface area contributed by atoms with Crippen molar-refractivity contribution in [2.24, 2.45) is 0 Å². The van der Waals surface area contributed by atoms with Gasteiger partial charge in [0.15, 0.2) is 5.78 Å². The molecule has 2 aliphatic rings. The third kappa shape index (κ3) is 3.59. The Hall–Kier alpha value is -2.89. The van der Waals surface area contributed by atoms with E-state index >= 15 is 0 Å². The summed E-state index contributed by atoms with van der Waals surface area (Å²) in [6.07, 6.45) is 4.67. The molecule has 1 aromatic rings. The molecule has 3 rings (SSSR count). The Morgan fingerprint density at radius 3 is 2.75 bits per heavy atom. The van der Waals surface area contributed by atoms with Gasteiger partial charge in [0, 0.05) is 24.8 Å². The first-order chi connectivity index (χ1) is 13.2. The van der Waals surface area contributed by atoms with Crippen molar-refractivity contribution in [3.63, 3.8) is 0 Å². The van der Waals surface area contributed by atoms with Crippen molar-refractivity contribution in [3.05, 3.63) is 54.6 Å². The number of fused-ring (bicyclic) bond motifs is 3. The SMILES string of the molecule is C=CCNC(=O)C[C@]12C=CC(=O)C[C@H]1N(C(=O)OC(C)(C)C)c1ccccc12. The second-order valence-corrected chi connectivity index (χ2v) is 8.20. The number of ether oxygens (including phenoxy) is 1. The first-order valence-electron chi connectivity index (χ1n) is 9.39. The van der Waals surface area contributed by atoms with E-state index in [1.807, 2.05) is 24.3 Å². The van der Waals surface area contributed by atoms with Gasteiger partial charge in [0.05, 0.1) is 11.7 Å². The monoisotopic (exact) mass is 382 g/mol. The maximum Gasteiger partial charge on any atom is 0.415 e. The molecule has 0 spiro atoms. The standard InChI is InChI=1S/C22H26N2O4/c1-5-12-23-19(26)14-22-11-10-15(25)13-18(22)24(20(27)28-21(2,3)4)17-9-7-6-8-16(17)22/h5-11,18H,1,12-14H2,2-4H3,(H,23,26)/t18-,22+/m1/s1. The fraction of sp³-hybridized carbons (Fsp3) is 0.409. The minimum Gasteiger partial charge on any atom is -0.443 e. The molecule has 148 valence electrons. The summed E-state index contributed by atoms with van der Waals surface area (Å²) >= 11 is 0. The van der Waals surface area contributed by atoms with Gasteiger partial charge in [-0.15, -0.1) is 6.58 Å². The van der Waals surface area contributed by atoms with Crippen LogP contribution in [0.25, 0.3) is 0 Å². The summed E-state index contributed by atoms with van der Waals surface area (Å²) in [5, 5.41) is 2.80. The molecule has 0 radical (unpaired) electrons. The molecule has 1 aromatic carbocycles. The molecule has 6 heteroatoms. The van der Waals surface area contributed by atoms with Gasteiger partial charge in [-0.05, 0) is 38.5 Å². The van der Waals surface area contributed by atoms with Crippen molar-refractivity contribution in [3.8, 4) is 0 Å². The van der Waals surface area contributed by atoms with Crippen molar-refractivity contribution < 1.29 is 19.1 Å². The number of benzene rings is 1. The molecule has 0 bridgehead atoms. The van der Waals surface area contributed by atoms with Gasteiger partial charge in [0.2, 0.25) is 5.91 Å². The van der Waals surface area contributed by atoms with Gasteiger partial charge in [-0.2, -0.15) is 0 Å². The lowest BCUT2D eigenvalue weighted by atomic mass is 9.69. The van der Waals surface area contributed by atoms with Crippen LogP contribution in [-0.2, 0) is 19.7 Å². The van der Waals surface area contributed by atoms with E-state index in [0.717, 1.165) is 5.56 Å². The van der Waals surface area contributed by atoms with Crippen LogP contribution in [-0.4, -0.2) is 36.0 Å². The lowest BCUT2D eigenvalue weighted by Crippen LogP contribution is -2.52. The number of hydrogen-bond donors (Lipinski definition) is 1. The highest BCUT2D eigenvalue weighted by atomic mass is 16.6. The van der Waals surface area contributed by atoms with E-state index in [9.17, 15) is 14.4 Å². The average Bonchev–Trinajstić information content (AvgIpc) is 2.88.